The first kappa shape index (κ1) is 16.8. The van der Waals surface area contributed by atoms with Gasteiger partial charge in [0.05, 0.1) is 10.2 Å². The van der Waals surface area contributed by atoms with Gasteiger partial charge in [-0.3, -0.25) is 4.79 Å². The number of ether oxygens (including phenoxy) is 1. The lowest BCUT2D eigenvalue weighted by molar-refractivity contribution is -0.138. The zero-order valence-corrected chi connectivity index (χ0v) is 15.6. The lowest BCUT2D eigenvalue weighted by Crippen LogP contribution is -2.40. The molecule has 2 fully saturated rings. The highest BCUT2D eigenvalue weighted by Crippen LogP contribution is 2.30. The van der Waals surface area contributed by atoms with E-state index in [0.717, 1.165) is 69.3 Å². The van der Waals surface area contributed by atoms with Gasteiger partial charge in [-0.05, 0) is 43.9 Å². The molecule has 1 amide bonds. The van der Waals surface area contributed by atoms with Crippen LogP contribution in [0.5, 0.6) is 0 Å². The second-order valence-corrected chi connectivity index (χ2v) is 8.03. The monoisotopic (exact) mass is 359 g/mol. The summed E-state index contributed by atoms with van der Waals surface area (Å²) in [5, 5.41) is 1.08. The molecule has 2 aliphatic heterocycles. The quantitative estimate of drug-likeness (QED) is 0.827. The van der Waals surface area contributed by atoms with Crippen LogP contribution in [-0.4, -0.2) is 55.2 Å². The molecule has 25 heavy (non-hydrogen) atoms. The third-order valence-corrected chi connectivity index (χ3v) is 6.26. The predicted molar refractivity (Wildman–Crippen MR) is 101 cm³/mol. The second-order valence-electron chi connectivity index (χ2n) is 7.02. The van der Waals surface area contributed by atoms with Crippen LogP contribution >= 0.6 is 11.3 Å². The van der Waals surface area contributed by atoms with Crippen molar-refractivity contribution in [1.82, 2.24) is 9.88 Å². The van der Waals surface area contributed by atoms with Gasteiger partial charge in [0.15, 0.2) is 5.13 Å². The maximum Gasteiger partial charge on any atom is 0.225 e. The van der Waals surface area contributed by atoms with Gasteiger partial charge in [-0.1, -0.05) is 17.4 Å². The molecule has 0 bridgehead atoms. The largest absolute Gasteiger partial charge is 0.381 e. The number of hydrogen-bond acceptors (Lipinski definition) is 5. The molecule has 3 heterocycles. The Bertz CT molecular complexity index is 754. The first-order valence-corrected chi connectivity index (χ1v) is 10.0. The van der Waals surface area contributed by atoms with Crippen LogP contribution in [0.3, 0.4) is 0 Å². The average molecular weight is 359 g/mol. The van der Waals surface area contributed by atoms with Crippen molar-refractivity contribution in [3.63, 3.8) is 0 Å². The summed E-state index contributed by atoms with van der Waals surface area (Å²) in [6, 6.07) is 6.42. The van der Waals surface area contributed by atoms with Crippen LogP contribution in [-0.2, 0) is 9.53 Å². The smallest absolute Gasteiger partial charge is 0.225 e. The van der Waals surface area contributed by atoms with Gasteiger partial charge in [0.25, 0.3) is 0 Å². The number of carbonyl (C=O) groups is 1. The van der Waals surface area contributed by atoms with Crippen LogP contribution in [0, 0.1) is 12.8 Å². The summed E-state index contributed by atoms with van der Waals surface area (Å²) in [5.74, 6) is 0.482. The first-order chi connectivity index (χ1) is 12.2. The van der Waals surface area contributed by atoms with Crippen LogP contribution in [0.2, 0.25) is 0 Å². The summed E-state index contributed by atoms with van der Waals surface area (Å²) < 4.78 is 6.63. The van der Waals surface area contributed by atoms with Gasteiger partial charge in [-0.15, -0.1) is 0 Å². The minimum absolute atomic E-state index is 0.158. The molecule has 0 N–H and O–H groups in total. The lowest BCUT2D eigenvalue weighted by Gasteiger charge is -2.28. The van der Waals surface area contributed by atoms with Gasteiger partial charge >= 0.3 is 0 Å². The predicted octanol–water partition coefficient (Wildman–Crippen LogP) is 3.07. The standard InChI is InChI=1S/C19H25N3O2S/c1-14-3-4-16-17(13-14)25-19(20-16)22-8-2-7-21(9-10-22)18(23)15-5-11-24-12-6-15/h3-4,13,15H,2,5-12H2,1H3. The fraction of sp³-hybridized carbons (Fsp3) is 0.579. The topological polar surface area (TPSA) is 45.7 Å². The average Bonchev–Trinajstić information content (AvgIpc) is 2.89. The number of aromatic nitrogens is 1. The number of fused-ring (bicyclic) bond motifs is 1. The van der Waals surface area contributed by atoms with Crippen LogP contribution in [0.15, 0.2) is 18.2 Å². The number of rotatable bonds is 2. The Morgan fingerprint density at radius 2 is 2.04 bits per heavy atom. The van der Waals surface area contributed by atoms with E-state index in [9.17, 15) is 4.79 Å². The summed E-state index contributed by atoms with van der Waals surface area (Å²) in [7, 11) is 0. The maximum atomic E-state index is 12.8. The van der Waals surface area contributed by atoms with Crippen molar-refractivity contribution in [3.8, 4) is 0 Å². The Hall–Kier alpha value is -1.66. The molecule has 0 spiro atoms. The lowest BCUT2D eigenvalue weighted by atomic mass is 9.98. The molecule has 0 aliphatic carbocycles. The number of nitrogens with zero attached hydrogens (tertiary/aromatic N) is 3. The van der Waals surface area contributed by atoms with E-state index in [-0.39, 0.29) is 5.92 Å². The van der Waals surface area contributed by atoms with Gasteiger partial charge in [0, 0.05) is 45.3 Å². The van der Waals surface area contributed by atoms with Gasteiger partial charge < -0.3 is 14.5 Å². The summed E-state index contributed by atoms with van der Waals surface area (Å²) in [6.45, 7) is 7.06. The molecule has 4 rings (SSSR count). The number of hydrogen-bond donors (Lipinski definition) is 0. The number of aryl methyl sites for hydroxylation is 1. The van der Waals surface area contributed by atoms with E-state index in [4.69, 9.17) is 9.72 Å². The zero-order valence-electron chi connectivity index (χ0n) is 14.7. The molecule has 5 nitrogen and oxygen atoms in total. The van der Waals surface area contributed by atoms with Crippen molar-refractivity contribution in [2.45, 2.75) is 26.2 Å². The van der Waals surface area contributed by atoms with Crippen molar-refractivity contribution in [1.29, 1.82) is 0 Å². The van der Waals surface area contributed by atoms with E-state index in [1.165, 1.54) is 10.3 Å². The van der Waals surface area contributed by atoms with Gasteiger partial charge in [-0.2, -0.15) is 0 Å². The van der Waals surface area contributed by atoms with Crippen molar-refractivity contribution >= 4 is 32.6 Å². The van der Waals surface area contributed by atoms with Gasteiger partial charge in [0.2, 0.25) is 5.91 Å². The molecule has 2 aliphatic rings. The SMILES string of the molecule is Cc1ccc2nc(N3CCCN(C(=O)C4CCOCC4)CC3)sc2c1. The molecule has 0 radical (unpaired) electrons. The normalized spacial score (nSPS) is 20.0. The maximum absolute atomic E-state index is 12.8. The number of anilines is 1. The van der Waals surface area contributed by atoms with Gasteiger partial charge in [0.1, 0.15) is 0 Å². The van der Waals surface area contributed by atoms with E-state index >= 15 is 0 Å². The van der Waals surface area contributed by atoms with E-state index in [1.807, 2.05) is 0 Å². The first-order valence-electron chi connectivity index (χ1n) is 9.19. The molecular weight excluding hydrogens is 334 g/mol. The Morgan fingerprint density at radius 3 is 2.88 bits per heavy atom. The van der Waals surface area contributed by atoms with Crippen molar-refractivity contribution in [2.24, 2.45) is 5.92 Å². The number of thiazole rings is 1. The van der Waals surface area contributed by atoms with Crippen LogP contribution in [0.4, 0.5) is 5.13 Å². The minimum Gasteiger partial charge on any atom is -0.381 e. The molecule has 1 aromatic heterocycles. The minimum atomic E-state index is 0.158. The fourth-order valence-corrected chi connectivity index (χ4v) is 4.80. The second kappa shape index (κ2) is 7.30. The molecule has 2 saturated heterocycles. The van der Waals surface area contributed by atoms with E-state index < -0.39 is 0 Å². The number of benzene rings is 1. The summed E-state index contributed by atoms with van der Waals surface area (Å²) in [5.41, 5.74) is 2.34. The molecule has 6 heteroatoms. The van der Waals surface area contributed by atoms with Gasteiger partial charge in [-0.25, -0.2) is 4.98 Å². The third kappa shape index (κ3) is 3.65. The Morgan fingerprint density at radius 1 is 1.20 bits per heavy atom. The van der Waals surface area contributed by atoms with Crippen molar-refractivity contribution in [2.75, 3.05) is 44.3 Å². The molecule has 2 aromatic rings. The summed E-state index contributed by atoms with van der Waals surface area (Å²) in [4.78, 5) is 22.0. The number of amides is 1. The van der Waals surface area contributed by atoms with Crippen LogP contribution in [0.1, 0.15) is 24.8 Å². The highest BCUT2D eigenvalue weighted by Gasteiger charge is 2.28. The third-order valence-electron chi connectivity index (χ3n) is 5.18. The molecule has 0 unspecified atom stereocenters. The van der Waals surface area contributed by atoms with Crippen LogP contribution in [0.25, 0.3) is 10.2 Å². The highest BCUT2D eigenvalue weighted by molar-refractivity contribution is 7.22. The molecule has 1 aromatic carbocycles. The summed E-state index contributed by atoms with van der Waals surface area (Å²) >= 11 is 1.76. The molecular formula is C19H25N3O2S. The molecule has 0 atom stereocenters. The highest BCUT2D eigenvalue weighted by atomic mass is 32.1. The Kier molecular flexibility index (Phi) is 4.90. The van der Waals surface area contributed by atoms with E-state index in [1.54, 1.807) is 11.3 Å². The fourth-order valence-electron chi connectivity index (χ4n) is 3.69. The van der Waals surface area contributed by atoms with E-state index in [2.05, 4.69) is 34.9 Å². The number of carbonyl (C=O) groups excluding carboxylic acids is 1. The summed E-state index contributed by atoms with van der Waals surface area (Å²) in [6.07, 6.45) is 2.75. The zero-order chi connectivity index (χ0) is 17.2. The Labute approximate surface area is 152 Å². The molecule has 0 saturated carbocycles. The van der Waals surface area contributed by atoms with E-state index in [0.29, 0.717) is 5.91 Å². The molecule has 134 valence electrons. The Balaban J connectivity index is 1.44. The van der Waals surface area contributed by atoms with Crippen LogP contribution < -0.4 is 4.90 Å². The van der Waals surface area contributed by atoms with Crippen molar-refractivity contribution < 1.29 is 9.53 Å². The van der Waals surface area contributed by atoms with Crippen molar-refractivity contribution in [3.05, 3.63) is 23.8 Å².